The minimum absolute atomic E-state index is 0.152. The standard InChI is InChI=1S/C20H24ClNO3/c1-4-19(25-17-9-6-16(21)7-10-17)20(23)22-11-12-24-18-8-5-14(2)15(3)13-18/h5-10,13,19H,4,11-12H2,1-3H3,(H,22,23)/t19-/m0/s1. The highest BCUT2D eigenvalue weighted by molar-refractivity contribution is 6.30. The molecule has 4 nitrogen and oxygen atoms in total. The van der Waals surface area contributed by atoms with E-state index in [-0.39, 0.29) is 5.91 Å². The lowest BCUT2D eigenvalue weighted by atomic mass is 10.1. The lowest BCUT2D eigenvalue weighted by molar-refractivity contribution is -0.128. The lowest BCUT2D eigenvalue weighted by Crippen LogP contribution is -2.39. The summed E-state index contributed by atoms with van der Waals surface area (Å²) in [6.45, 7) is 6.85. The van der Waals surface area contributed by atoms with Crippen LogP contribution in [0.2, 0.25) is 5.02 Å². The quantitative estimate of drug-likeness (QED) is 0.713. The summed E-state index contributed by atoms with van der Waals surface area (Å²) in [5.74, 6) is 1.28. The summed E-state index contributed by atoms with van der Waals surface area (Å²) in [7, 11) is 0. The zero-order chi connectivity index (χ0) is 18.2. The van der Waals surface area contributed by atoms with Crippen molar-refractivity contribution in [2.45, 2.75) is 33.3 Å². The van der Waals surface area contributed by atoms with Gasteiger partial charge in [-0.05, 0) is 67.8 Å². The summed E-state index contributed by atoms with van der Waals surface area (Å²) in [6.07, 6.45) is 0.0368. The minimum atomic E-state index is -0.539. The van der Waals surface area contributed by atoms with Gasteiger partial charge >= 0.3 is 0 Å². The molecule has 0 aromatic heterocycles. The predicted molar refractivity (Wildman–Crippen MR) is 101 cm³/mol. The molecule has 0 radical (unpaired) electrons. The maximum Gasteiger partial charge on any atom is 0.261 e. The van der Waals surface area contributed by atoms with Crippen molar-refractivity contribution in [1.82, 2.24) is 5.32 Å². The van der Waals surface area contributed by atoms with E-state index in [1.54, 1.807) is 24.3 Å². The van der Waals surface area contributed by atoms with Gasteiger partial charge in [0.25, 0.3) is 5.91 Å². The molecule has 0 spiro atoms. The Morgan fingerprint density at radius 1 is 1.08 bits per heavy atom. The SMILES string of the molecule is CC[C@H](Oc1ccc(Cl)cc1)C(=O)NCCOc1ccc(C)c(C)c1. The van der Waals surface area contributed by atoms with Crippen LogP contribution in [0.25, 0.3) is 0 Å². The van der Waals surface area contributed by atoms with E-state index in [1.165, 1.54) is 11.1 Å². The topological polar surface area (TPSA) is 47.6 Å². The normalized spacial score (nSPS) is 11.7. The van der Waals surface area contributed by atoms with Crippen molar-refractivity contribution in [3.63, 3.8) is 0 Å². The van der Waals surface area contributed by atoms with Crippen molar-refractivity contribution in [1.29, 1.82) is 0 Å². The van der Waals surface area contributed by atoms with Crippen LogP contribution >= 0.6 is 11.6 Å². The Kier molecular flexibility index (Phi) is 7.14. The molecule has 0 saturated heterocycles. The van der Waals surface area contributed by atoms with Crippen LogP contribution in [0.5, 0.6) is 11.5 Å². The lowest BCUT2D eigenvalue weighted by Gasteiger charge is -2.17. The molecule has 0 fully saturated rings. The highest BCUT2D eigenvalue weighted by Gasteiger charge is 2.17. The molecule has 0 aliphatic heterocycles. The fourth-order valence-electron chi connectivity index (χ4n) is 2.26. The van der Waals surface area contributed by atoms with Crippen LogP contribution in [-0.4, -0.2) is 25.2 Å². The predicted octanol–water partition coefficient (Wildman–Crippen LogP) is 4.31. The van der Waals surface area contributed by atoms with Crippen molar-refractivity contribution in [3.8, 4) is 11.5 Å². The van der Waals surface area contributed by atoms with Gasteiger partial charge in [0.05, 0.1) is 6.54 Å². The Morgan fingerprint density at radius 2 is 1.76 bits per heavy atom. The minimum Gasteiger partial charge on any atom is -0.492 e. The number of aryl methyl sites for hydroxylation is 2. The van der Waals surface area contributed by atoms with E-state index in [1.807, 2.05) is 32.0 Å². The van der Waals surface area contributed by atoms with Gasteiger partial charge in [0, 0.05) is 5.02 Å². The molecular weight excluding hydrogens is 338 g/mol. The Balaban J connectivity index is 1.77. The van der Waals surface area contributed by atoms with Gasteiger partial charge in [-0.15, -0.1) is 0 Å². The zero-order valence-electron chi connectivity index (χ0n) is 14.8. The number of hydrogen-bond donors (Lipinski definition) is 1. The number of halogens is 1. The van der Waals surface area contributed by atoms with E-state index in [4.69, 9.17) is 21.1 Å². The molecule has 1 N–H and O–H groups in total. The van der Waals surface area contributed by atoms with Crippen molar-refractivity contribution in [3.05, 3.63) is 58.6 Å². The maximum absolute atomic E-state index is 12.2. The third-order valence-electron chi connectivity index (χ3n) is 3.90. The van der Waals surface area contributed by atoms with Gasteiger partial charge in [0.1, 0.15) is 18.1 Å². The number of benzene rings is 2. The van der Waals surface area contributed by atoms with Gasteiger partial charge in [0.2, 0.25) is 0 Å². The first-order valence-electron chi connectivity index (χ1n) is 8.39. The number of hydrogen-bond acceptors (Lipinski definition) is 3. The number of ether oxygens (including phenoxy) is 2. The average Bonchev–Trinajstić information content (AvgIpc) is 2.61. The number of carbonyl (C=O) groups excluding carboxylic acids is 1. The second kappa shape index (κ2) is 9.33. The summed E-state index contributed by atoms with van der Waals surface area (Å²) >= 11 is 5.85. The van der Waals surface area contributed by atoms with Crippen LogP contribution in [0.15, 0.2) is 42.5 Å². The highest BCUT2D eigenvalue weighted by Crippen LogP contribution is 2.18. The van der Waals surface area contributed by atoms with Gasteiger partial charge in [0.15, 0.2) is 6.10 Å². The molecule has 0 saturated carbocycles. The number of carbonyl (C=O) groups is 1. The van der Waals surface area contributed by atoms with E-state index in [0.717, 1.165) is 5.75 Å². The van der Waals surface area contributed by atoms with Crippen molar-refractivity contribution >= 4 is 17.5 Å². The highest BCUT2D eigenvalue weighted by atomic mass is 35.5. The third-order valence-corrected chi connectivity index (χ3v) is 4.16. The van der Waals surface area contributed by atoms with Gasteiger partial charge in [-0.2, -0.15) is 0 Å². The Morgan fingerprint density at radius 3 is 2.40 bits per heavy atom. The molecule has 1 atom stereocenters. The largest absolute Gasteiger partial charge is 0.492 e. The van der Waals surface area contributed by atoms with E-state index in [2.05, 4.69) is 12.2 Å². The number of nitrogens with one attached hydrogen (secondary N) is 1. The van der Waals surface area contributed by atoms with Crippen molar-refractivity contribution in [2.24, 2.45) is 0 Å². The van der Waals surface area contributed by atoms with Gasteiger partial charge in [-0.1, -0.05) is 24.6 Å². The Labute approximate surface area is 154 Å². The molecule has 25 heavy (non-hydrogen) atoms. The van der Waals surface area contributed by atoms with Crippen LogP contribution in [0.4, 0.5) is 0 Å². The first-order chi connectivity index (χ1) is 12.0. The first-order valence-corrected chi connectivity index (χ1v) is 8.77. The summed E-state index contributed by atoms with van der Waals surface area (Å²) in [4.78, 5) is 12.2. The molecule has 0 aliphatic rings. The molecule has 2 rings (SSSR count). The molecule has 1 amide bonds. The van der Waals surface area contributed by atoms with Crippen molar-refractivity contribution < 1.29 is 14.3 Å². The van der Waals surface area contributed by atoms with Gasteiger partial charge in [-0.25, -0.2) is 0 Å². The Bertz CT molecular complexity index is 701. The van der Waals surface area contributed by atoms with Gasteiger partial charge < -0.3 is 14.8 Å². The second-order valence-electron chi connectivity index (χ2n) is 5.85. The van der Waals surface area contributed by atoms with Crippen molar-refractivity contribution in [2.75, 3.05) is 13.2 Å². The van der Waals surface area contributed by atoms with Gasteiger partial charge in [-0.3, -0.25) is 4.79 Å². The van der Waals surface area contributed by atoms with Crippen LogP contribution < -0.4 is 14.8 Å². The molecule has 0 aliphatic carbocycles. The molecule has 5 heteroatoms. The molecule has 0 heterocycles. The number of amides is 1. The maximum atomic E-state index is 12.2. The van der Waals surface area contributed by atoms with Crippen LogP contribution in [0.3, 0.4) is 0 Å². The molecule has 2 aromatic carbocycles. The first kappa shape index (κ1) is 19.1. The van der Waals surface area contributed by atoms with Crippen LogP contribution in [0, 0.1) is 13.8 Å². The molecule has 0 unspecified atom stereocenters. The average molecular weight is 362 g/mol. The van der Waals surface area contributed by atoms with E-state index in [0.29, 0.717) is 30.3 Å². The molecule has 2 aromatic rings. The number of rotatable bonds is 8. The Hall–Kier alpha value is -2.20. The van der Waals surface area contributed by atoms with Crippen LogP contribution in [0.1, 0.15) is 24.5 Å². The monoisotopic (exact) mass is 361 g/mol. The fourth-order valence-corrected chi connectivity index (χ4v) is 2.39. The molecule has 0 bridgehead atoms. The summed E-state index contributed by atoms with van der Waals surface area (Å²) in [5.41, 5.74) is 2.41. The summed E-state index contributed by atoms with van der Waals surface area (Å²) in [5, 5.41) is 3.48. The molecular formula is C20H24ClNO3. The summed E-state index contributed by atoms with van der Waals surface area (Å²) in [6, 6.07) is 12.9. The third kappa shape index (κ3) is 5.98. The fraction of sp³-hybridized carbons (Fsp3) is 0.350. The van der Waals surface area contributed by atoms with E-state index < -0.39 is 6.10 Å². The smallest absolute Gasteiger partial charge is 0.261 e. The molecule has 134 valence electrons. The van der Waals surface area contributed by atoms with E-state index >= 15 is 0 Å². The zero-order valence-corrected chi connectivity index (χ0v) is 15.6. The summed E-state index contributed by atoms with van der Waals surface area (Å²) < 4.78 is 11.4. The second-order valence-corrected chi connectivity index (χ2v) is 6.29. The van der Waals surface area contributed by atoms with Crippen LogP contribution in [-0.2, 0) is 4.79 Å². The van der Waals surface area contributed by atoms with E-state index in [9.17, 15) is 4.79 Å².